The molecule has 0 fully saturated rings. The average Bonchev–Trinajstić information content (AvgIpc) is 3.15. The highest BCUT2D eigenvalue weighted by Gasteiger charge is 2.37. The monoisotopic (exact) mass is 545 g/mol. The molecule has 1 aliphatic rings. The number of carbonyl (C=O) groups excluding carboxylic acids is 3. The zero-order valence-corrected chi connectivity index (χ0v) is 22.2. The molecule has 0 saturated heterocycles. The molecule has 1 heterocycles. The third kappa shape index (κ3) is 6.35. The summed E-state index contributed by atoms with van der Waals surface area (Å²) in [6, 6.07) is 14.8. The molecule has 3 aromatic carbocycles. The van der Waals surface area contributed by atoms with Gasteiger partial charge < -0.3 is 15.5 Å². The predicted molar refractivity (Wildman–Crippen MR) is 147 cm³/mol. The molecule has 1 aliphatic heterocycles. The molecule has 10 nitrogen and oxygen atoms in total. The minimum absolute atomic E-state index is 0.0675. The van der Waals surface area contributed by atoms with Crippen molar-refractivity contribution in [2.24, 2.45) is 5.92 Å². The lowest BCUT2D eigenvalue weighted by Gasteiger charge is -2.25. The topological polar surface area (TPSA) is 153 Å². The summed E-state index contributed by atoms with van der Waals surface area (Å²) in [5.74, 6) is -3.53. The van der Waals surface area contributed by atoms with E-state index in [9.17, 15) is 29.1 Å². The Bertz CT molecular complexity index is 1410. The number of nitrogens with zero attached hydrogens (tertiary/aromatic N) is 1. The van der Waals surface area contributed by atoms with Gasteiger partial charge in [-0.05, 0) is 59.4 Å². The third-order valence-electron chi connectivity index (χ3n) is 6.87. The number of carboxylic acids is 2. The van der Waals surface area contributed by atoms with Gasteiger partial charge in [-0.1, -0.05) is 50.2 Å². The van der Waals surface area contributed by atoms with Gasteiger partial charge in [-0.3, -0.25) is 29.4 Å². The lowest BCUT2D eigenvalue weighted by Crippen LogP contribution is -2.52. The van der Waals surface area contributed by atoms with Crippen LogP contribution in [0, 0.1) is 5.92 Å². The van der Waals surface area contributed by atoms with Crippen molar-refractivity contribution in [1.29, 1.82) is 0 Å². The van der Waals surface area contributed by atoms with E-state index in [1.807, 2.05) is 38.1 Å². The minimum Gasteiger partial charge on any atom is -0.480 e. The van der Waals surface area contributed by atoms with Gasteiger partial charge in [0.15, 0.2) is 0 Å². The summed E-state index contributed by atoms with van der Waals surface area (Å²) in [7, 11) is 0. The second kappa shape index (κ2) is 12.1. The fourth-order valence-corrected chi connectivity index (χ4v) is 4.76. The van der Waals surface area contributed by atoms with Gasteiger partial charge >= 0.3 is 11.9 Å². The summed E-state index contributed by atoms with van der Waals surface area (Å²) in [6.07, 6.45) is 0.270. The Morgan fingerprint density at radius 3 is 1.93 bits per heavy atom. The van der Waals surface area contributed by atoms with Crippen LogP contribution in [0.5, 0.6) is 0 Å². The summed E-state index contributed by atoms with van der Waals surface area (Å²) in [5.41, 5.74) is 1.40. The van der Waals surface area contributed by atoms with E-state index in [4.69, 9.17) is 5.11 Å². The largest absolute Gasteiger partial charge is 0.480 e. The highest BCUT2D eigenvalue weighted by Crippen LogP contribution is 2.28. The van der Waals surface area contributed by atoms with Gasteiger partial charge in [0.1, 0.15) is 6.04 Å². The van der Waals surface area contributed by atoms with Crippen molar-refractivity contribution in [1.82, 2.24) is 15.5 Å². The van der Waals surface area contributed by atoms with Crippen molar-refractivity contribution in [2.45, 2.75) is 45.3 Å². The van der Waals surface area contributed by atoms with Crippen LogP contribution < -0.4 is 10.6 Å². The van der Waals surface area contributed by atoms with Crippen molar-refractivity contribution in [3.05, 3.63) is 82.9 Å². The standard InChI is InChI=1S/C30H31N3O7/c1-17(2)13-25(26(34)31-16-18-7-9-19(10-8-18)29(37)38)32-24(30(39)40)11-12-33-27(35)22-14-20-5-3-4-6-21(20)15-23(22)28(33)36/h3-10,14-15,17,24-25,32H,11-13,16H2,1-2H3,(H,31,34)(H,37,38)(H,39,40)/t24-,25+/m1/s1. The van der Waals surface area contributed by atoms with Gasteiger partial charge in [-0.25, -0.2) is 4.79 Å². The lowest BCUT2D eigenvalue weighted by molar-refractivity contribution is -0.140. The van der Waals surface area contributed by atoms with Gasteiger partial charge in [-0.15, -0.1) is 0 Å². The number of carbonyl (C=O) groups is 5. The Balaban J connectivity index is 1.42. The molecular weight excluding hydrogens is 514 g/mol. The summed E-state index contributed by atoms with van der Waals surface area (Å²) >= 11 is 0. The molecule has 0 spiro atoms. The second-order valence-electron chi connectivity index (χ2n) is 10.3. The molecule has 3 amide bonds. The molecule has 208 valence electrons. The molecule has 0 aromatic heterocycles. The van der Waals surface area contributed by atoms with Crippen LogP contribution in [0.4, 0.5) is 0 Å². The van der Waals surface area contributed by atoms with E-state index in [-0.39, 0.29) is 42.1 Å². The van der Waals surface area contributed by atoms with Gasteiger partial charge in [-0.2, -0.15) is 0 Å². The number of aliphatic carboxylic acids is 1. The maximum atomic E-state index is 13.0. The minimum atomic E-state index is -1.20. The van der Waals surface area contributed by atoms with E-state index in [0.29, 0.717) is 12.0 Å². The molecule has 0 aliphatic carbocycles. The number of imide groups is 1. The predicted octanol–water partition coefficient (Wildman–Crippen LogP) is 3.30. The number of aromatic carboxylic acids is 1. The lowest BCUT2D eigenvalue weighted by atomic mass is 10.0. The quantitative estimate of drug-likeness (QED) is 0.253. The van der Waals surface area contributed by atoms with Crippen LogP contribution in [0.1, 0.15) is 63.3 Å². The molecule has 2 atom stereocenters. The Hall–Kier alpha value is -4.57. The van der Waals surface area contributed by atoms with E-state index in [1.54, 1.807) is 24.3 Å². The van der Waals surface area contributed by atoms with Crippen molar-refractivity contribution in [3.63, 3.8) is 0 Å². The van der Waals surface area contributed by atoms with Gasteiger partial charge in [0.25, 0.3) is 11.8 Å². The fourth-order valence-electron chi connectivity index (χ4n) is 4.76. The average molecular weight is 546 g/mol. The Morgan fingerprint density at radius 2 is 1.43 bits per heavy atom. The molecule has 0 bridgehead atoms. The molecule has 4 rings (SSSR count). The Labute approximate surface area is 231 Å². The molecule has 0 saturated carbocycles. The van der Waals surface area contributed by atoms with Crippen LogP contribution in [0.25, 0.3) is 10.8 Å². The Kier molecular flexibility index (Phi) is 8.59. The first-order chi connectivity index (χ1) is 19.0. The molecule has 4 N–H and O–H groups in total. The summed E-state index contributed by atoms with van der Waals surface area (Å²) in [4.78, 5) is 63.3. The van der Waals surface area contributed by atoms with E-state index in [1.165, 1.54) is 12.1 Å². The molecule has 40 heavy (non-hydrogen) atoms. The number of nitrogens with one attached hydrogen (secondary N) is 2. The first-order valence-corrected chi connectivity index (χ1v) is 13.0. The van der Waals surface area contributed by atoms with Crippen LogP contribution in [0.3, 0.4) is 0 Å². The molecule has 3 aromatic rings. The fraction of sp³-hybridized carbons (Fsp3) is 0.300. The van der Waals surface area contributed by atoms with Crippen LogP contribution in [-0.2, 0) is 16.1 Å². The number of carboxylic acid groups (broad SMARTS) is 2. The number of hydrogen-bond donors (Lipinski definition) is 4. The number of benzene rings is 3. The SMILES string of the molecule is CC(C)C[C@H](N[C@H](CCN1C(=O)c2cc3ccccc3cc2C1=O)C(=O)O)C(=O)NCc1ccc(C(=O)O)cc1. The van der Waals surface area contributed by atoms with Gasteiger partial charge in [0, 0.05) is 13.1 Å². The maximum absolute atomic E-state index is 13.0. The zero-order valence-electron chi connectivity index (χ0n) is 22.2. The zero-order chi connectivity index (χ0) is 29.0. The van der Waals surface area contributed by atoms with E-state index >= 15 is 0 Å². The Morgan fingerprint density at radius 1 is 0.850 bits per heavy atom. The highest BCUT2D eigenvalue weighted by molar-refractivity contribution is 6.23. The van der Waals surface area contributed by atoms with Crippen molar-refractivity contribution >= 4 is 40.4 Å². The van der Waals surface area contributed by atoms with Crippen molar-refractivity contribution < 1.29 is 34.2 Å². The number of amides is 3. The van der Waals surface area contributed by atoms with E-state index in [2.05, 4.69) is 10.6 Å². The highest BCUT2D eigenvalue weighted by atomic mass is 16.4. The molecular formula is C30H31N3O7. The van der Waals surface area contributed by atoms with Crippen molar-refractivity contribution in [2.75, 3.05) is 6.54 Å². The van der Waals surface area contributed by atoms with Crippen LogP contribution >= 0.6 is 0 Å². The number of fused-ring (bicyclic) bond motifs is 2. The molecule has 0 unspecified atom stereocenters. The van der Waals surface area contributed by atoms with Crippen LogP contribution in [0.15, 0.2) is 60.7 Å². The van der Waals surface area contributed by atoms with E-state index in [0.717, 1.165) is 15.7 Å². The maximum Gasteiger partial charge on any atom is 0.335 e. The normalized spacial score (nSPS) is 14.3. The van der Waals surface area contributed by atoms with Gasteiger partial charge in [0.2, 0.25) is 5.91 Å². The summed E-state index contributed by atoms with van der Waals surface area (Å²) in [5, 5.41) is 26.3. The third-order valence-corrected chi connectivity index (χ3v) is 6.87. The van der Waals surface area contributed by atoms with Crippen LogP contribution in [0.2, 0.25) is 0 Å². The van der Waals surface area contributed by atoms with Crippen LogP contribution in [-0.4, -0.2) is 63.4 Å². The smallest absolute Gasteiger partial charge is 0.335 e. The van der Waals surface area contributed by atoms with Gasteiger partial charge in [0.05, 0.1) is 22.7 Å². The first kappa shape index (κ1) is 28.4. The first-order valence-electron chi connectivity index (χ1n) is 13.0. The second-order valence-corrected chi connectivity index (χ2v) is 10.3. The number of hydrogen-bond acceptors (Lipinski definition) is 6. The molecule has 10 heteroatoms. The van der Waals surface area contributed by atoms with E-state index < -0.39 is 41.7 Å². The van der Waals surface area contributed by atoms with Crippen molar-refractivity contribution in [3.8, 4) is 0 Å². The number of rotatable bonds is 12. The summed E-state index contributed by atoms with van der Waals surface area (Å²) < 4.78 is 0. The molecule has 0 radical (unpaired) electrons. The summed E-state index contributed by atoms with van der Waals surface area (Å²) in [6.45, 7) is 3.82.